The van der Waals surface area contributed by atoms with Crippen LogP contribution in [0.4, 0.5) is 10.3 Å². The summed E-state index contributed by atoms with van der Waals surface area (Å²) in [6.45, 7) is 1.54. The minimum atomic E-state index is -0.887. The van der Waals surface area contributed by atoms with E-state index in [2.05, 4.69) is 5.16 Å². The summed E-state index contributed by atoms with van der Waals surface area (Å²) in [6, 6.07) is 7.54. The Hall–Kier alpha value is -1.84. The quantitative estimate of drug-likeness (QED) is 0.865. The molecule has 0 bridgehead atoms. The van der Waals surface area contributed by atoms with Crippen molar-refractivity contribution >= 4 is 5.88 Å². The normalized spacial score (nSPS) is 12.6. The zero-order chi connectivity index (χ0) is 11.5. The standard InChI is InChI=1S/C12H13FN2O/c1-8(13)6-9-4-2-3-5-10(9)11-7-15-16-12(11)14/h2-5,7-8H,6,14H2,1H3. The summed E-state index contributed by atoms with van der Waals surface area (Å²) >= 11 is 0. The summed E-state index contributed by atoms with van der Waals surface area (Å²) in [6.07, 6.45) is 1.03. The molecule has 0 saturated heterocycles. The number of nitrogens with two attached hydrogens (primary N) is 1. The highest BCUT2D eigenvalue weighted by atomic mass is 19.1. The molecule has 2 aromatic rings. The zero-order valence-corrected chi connectivity index (χ0v) is 8.98. The third-order valence-corrected chi connectivity index (χ3v) is 2.41. The summed E-state index contributed by atoms with van der Waals surface area (Å²) < 4.78 is 17.9. The van der Waals surface area contributed by atoms with Crippen molar-refractivity contribution in [3.8, 4) is 11.1 Å². The molecule has 2 N–H and O–H groups in total. The first-order valence-electron chi connectivity index (χ1n) is 5.11. The molecule has 1 aromatic heterocycles. The maximum absolute atomic E-state index is 13.0. The Kier molecular flexibility index (Phi) is 2.90. The van der Waals surface area contributed by atoms with Crippen LogP contribution in [0.1, 0.15) is 12.5 Å². The van der Waals surface area contributed by atoms with Gasteiger partial charge in [0, 0.05) is 6.42 Å². The smallest absolute Gasteiger partial charge is 0.229 e. The molecule has 1 unspecified atom stereocenters. The maximum atomic E-state index is 13.0. The Morgan fingerprint density at radius 3 is 2.75 bits per heavy atom. The van der Waals surface area contributed by atoms with Crippen LogP contribution < -0.4 is 5.73 Å². The third kappa shape index (κ3) is 2.05. The third-order valence-electron chi connectivity index (χ3n) is 2.41. The number of alkyl halides is 1. The molecule has 0 radical (unpaired) electrons. The van der Waals surface area contributed by atoms with Crippen molar-refractivity contribution in [2.45, 2.75) is 19.5 Å². The Labute approximate surface area is 93.1 Å². The Morgan fingerprint density at radius 2 is 2.12 bits per heavy atom. The molecule has 16 heavy (non-hydrogen) atoms. The highest BCUT2D eigenvalue weighted by Gasteiger charge is 2.12. The lowest BCUT2D eigenvalue weighted by molar-refractivity contribution is 0.360. The van der Waals surface area contributed by atoms with Gasteiger partial charge in [-0.3, -0.25) is 0 Å². The highest BCUT2D eigenvalue weighted by Crippen LogP contribution is 2.29. The molecule has 4 heteroatoms. The van der Waals surface area contributed by atoms with Crippen LogP contribution in [0.5, 0.6) is 0 Å². The average molecular weight is 220 g/mol. The van der Waals surface area contributed by atoms with Gasteiger partial charge in [0.25, 0.3) is 0 Å². The second-order valence-corrected chi connectivity index (χ2v) is 3.75. The van der Waals surface area contributed by atoms with E-state index >= 15 is 0 Å². The first-order valence-corrected chi connectivity index (χ1v) is 5.11. The minimum Gasteiger partial charge on any atom is -0.367 e. The van der Waals surface area contributed by atoms with Crippen LogP contribution in [0.25, 0.3) is 11.1 Å². The topological polar surface area (TPSA) is 52.0 Å². The molecule has 0 aliphatic heterocycles. The van der Waals surface area contributed by atoms with E-state index in [1.807, 2.05) is 24.3 Å². The molecule has 84 valence electrons. The number of rotatable bonds is 3. The van der Waals surface area contributed by atoms with Crippen LogP contribution in [0.15, 0.2) is 35.0 Å². The summed E-state index contributed by atoms with van der Waals surface area (Å²) in [5, 5.41) is 3.62. The number of aromatic nitrogens is 1. The lowest BCUT2D eigenvalue weighted by atomic mass is 9.98. The van der Waals surface area contributed by atoms with E-state index in [9.17, 15) is 4.39 Å². The van der Waals surface area contributed by atoms with E-state index in [4.69, 9.17) is 10.3 Å². The number of benzene rings is 1. The lowest BCUT2D eigenvalue weighted by Crippen LogP contribution is -2.00. The maximum Gasteiger partial charge on any atom is 0.229 e. The second kappa shape index (κ2) is 4.35. The molecule has 0 amide bonds. The van der Waals surface area contributed by atoms with E-state index in [-0.39, 0.29) is 5.88 Å². The summed E-state index contributed by atoms with van der Waals surface area (Å²) in [5.74, 6) is 0.263. The number of halogens is 1. The molecule has 3 nitrogen and oxygen atoms in total. The van der Waals surface area contributed by atoms with E-state index in [0.29, 0.717) is 6.42 Å². The Morgan fingerprint density at radius 1 is 1.38 bits per heavy atom. The molecule has 0 fully saturated rings. The van der Waals surface area contributed by atoms with Gasteiger partial charge in [0.05, 0.1) is 11.8 Å². The number of nitrogens with zero attached hydrogens (tertiary/aromatic N) is 1. The van der Waals surface area contributed by atoms with Gasteiger partial charge < -0.3 is 10.3 Å². The minimum absolute atomic E-state index is 0.263. The molecule has 0 spiro atoms. The van der Waals surface area contributed by atoms with Crippen LogP contribution in [-0.2, 0) is 6.42 Å². The fourth-order valence-electron chi connectivity index (χ4n) is 1.71. The summed E-state index contributed by atoms with van der Waals surface area (Å²) in [5.41, 5.74) is 8.16. The SMILES string of the molecule is CC(F)Cc1ccccc1-c1cnoc1N. The van der Waals surface area contributed by atoms with Crippen LogP contribution in [-0.4, -0.2) is 11.3 Å². The van der Waals surface area contributed by atoms with Crippen molar-refractivity contribution in [1.29, 1.82) is 0 Å². The van der Waals surface area contributed by atoms with Crippen molar-refractivity contribution < 1.29 is 8.91 Å². The van der Waals surface area contributed by atoms with Gasteiger partial charge in [-0.05, 0) is 18.1 Å². The molecule has 1 atom stereocenters. The predicted molar refractivity (Wildman–Crippen MR) is 60.6 cm³/mol. The van der Waals surface area contributed by atoms with Gasteiger partial charge in [-0.15, -0.1) is 0 Å². The van der Waals surface area contributed by atoms with E-state index < -0.39 is 6.17 Å². The van der Waals surface area contributed by atoms with Crippen molar-refractivity contribution in [3.63, 3.8) is 0 Å². The first-order chi connectivity index (χ1) is 7.68. The van der Waals surface area contributed by atoms with Gasteiger partial charge in [-0.2, -0.15) is 0 Å². The number of hydrogen-bond donors (Lipinski definition) is 1. The van der Waals surface area contributed by atoms with Gasteiger partial charge >= 0.3 is 0 Å². The molecule has 1 heterocycles. The van der Waals surface area contributed by atoms with E-state index in [0.717, 1.165) is 16.7 Å². The van der Waals surface area contributed by atoms with Crippen molar-refractivity contribution in [2.75, 3.05) is 5.73 Å². The number of hydrogen-bond acceptors (Lipinski definition) is 3. The molecular weight excluding hydrogens is 207 g/mol. The summed E-state index contributed by atoms with van der Waals surface area (Å²) in [4.78, 5) is 0. The lowest BCUT2D eigenvalue weighted by Gasteiger charge is -2.08. The molecule has 1 aromatic carbocycles. The second-order valence-electron chi connectivity index (χ2n) is 3.75. The highest BCUT2D eigenvalue weighted by molar-refractivity contribution is 5.74. The van der Waals surface area contributed by atoms with Crippen molar-refractivity contribution in [2.24, 2.45) is 0 Å². The van der Waals surface area contributed by atoms with Gasteiger partial charge in [0.1, 0.15) is 6.17 Å². The van der Waals surface area contributed by atoms with Gasteiger partial charge in [0.2, 0.25) is 5.88 Å². The van der Waals surface area contributed by atoms with E-state index in [1.165, 1.54) is 6.92 Å². The predicted octanol–water partition coefficient (Wildman–Crippen LogP) is 2.82. The fourth-order valence-corrected chi connectivity index (χ4v) is 1.71. The molecule has 0 aliphatic carbocycles. The van der Waals surface area contributed by atoms with E-state index in [1.54, 1.807) is 6.20 Å². The fraction of sp³-hybridized carbons (Fsp3) is 0.250. The molecule has 0 saturated carbocycles. The van der Waals surface area contributed by atoms with Crippen LogP contribution in [0, 0.1) is 0 Å². The average Bonchev–Trinajstić information content (AvgIpc) is 2.64. The number of nitrogen functional groups attached to an aromatic ring is 1. The zero-order valence-electron chi connectivity index (χ0n) is 8.98. The molecule has 2 rings (SSSR count). The Balaban J connectivity index is 2.44. The monoisotopic (exact) mass is 220 g/mol. The first kappa shape index (κ1) is 10.7. The summed E-state index contributed by atoms with van der Waals surface area (Å²) in [7, 11) is 0. The van der Waals surface area contributed by atoms with Crippen molar-refractivity contribution in [3.05, 3.63) is 36.0 Å². The van der Waals surface area contributed by atoms with Crippen LogP contribution in [0.2, 0.25) is 0 Å². The van der Waals surface area contributed by atoms with Crippen LogP contribution >= 0.6 is 0 Å². The Bertz CT molecular complexity index is 479. The van der Waals surface area contributed by atoms with Gasteiger partial charge in [-0.25, -0.2) is 4.39 Å². The van der Waals surface area contributed by atoms with Crippen molar-refractivity contribution in [1.82, 2.24) is 5.16 Å². The van der Waals surface area contributed by atoms with Crippen LogP contribution in [0.3, 0.4) is 0 Å². The number of anilines is 1. The molecular formula is C12H13FN2O. The molecule has 0 aliphatic rings. The van der Waals surface area contributed by atoms with Gasteiger partial charge in [-0.1, -0.05) is 29.4 Å². The van der Waals surface area contributed by atoms with Gasteiger partial charge in [0.15, 0.2) is 0 Å². The largest absolute Gasteiger partial charge is 0.367 e.